The largest absolute Gasteiger partial charge is 0.217 e. The van der Waals surface area contributed by atoms with Crippen molar-refractivity contribution >= 4 is 0 Å². The summed E-state index contributed by atoms with van der Waals surface area (Å²) in [6.45, 7) is 0.485. The Morgan fingerprint density at radius 1 is 1.64 bits per heavy atom. The van der Waals surface area contributed by atoms with Gasteiger partial charge in [-0.15, -0.1) is 11.5 Å². The smallest absolute Gasteiger partial charge is 0.155 e. The lowest BCUT2D eigenvalue weighted by molar-refractivity contribution is 0.640. The molecule has 1 heterocycles. The normalized spacial score (nSPS) is 16.3. The first-order valence-corrected chi connectivity index (χ1v) is 3.61. The molecule has 1 fully saturated rings. The molecule has 0 N–H and O–H groups in total. The van der Waals surface area contributed by atoms with Crippen LogP contribution in [-0.2, 0) is 6.54 Å². The minimum atomic E-state index is 0.485. The molecule has 56 valence electrons. The minimum Gasteiger partial charge on any atom is -0.217 e. The molecule has 1 aromatic heterocycles. The van der Waals surface area contributed by atoms with Crippen molar-refractivity contribution in [2.45, 2.75) is 25.3 Å². The van der Waals surface area contributed by atoms with E-state index in [4.69, 9.17) is 6.42 Å². The summed E-state index contributed by atoms with van der Waals surface area (Å²) in [6, 6.07) is 0. The Balaban J connectivity index is 2.24. The van der Waals surface area contributed by atoms with Gasteiger partial charge in [-0.3, -0.25) is 0 Å². The SMILES string of the molecule is C#CCn1nnnc1C1CC1. The van der Waals surface area contributed by atoms with E-state index >= 15 is 0 Å². The molecule has 1 aliphatic rings. The van der Waals surface area contributed by atoms with Crippen LogP contribution in [0.5, 0.6) is 0 Å². The number of hydrogen-bond donors (Lipinski definition) is 0. The van der Waals surface area contributed by atoms with Gasteiger partial charge in [-0.1, -0.05) is 5.92 Å². The zero-order valence-corrected chi connectivity index (χ0v) is 6.06. The average molecular weight is 148 g/mol. The molecule has 1 aromatic rings. The molecule has 1 aliphatic carbocycles. The summed E-state index contributed by atoms with van der Waals surface area (Å²) in [5, 5.41) is 11.3. The van der Waals surface area contributed by atoms with Gasteiger partial charge in [0.1, 0.15) is 6.54 Å². The van der Waals surface area contributed by atoms with Gasteiger partial charge in [-0.05, 0) is 23.3 Å². The third-order valence-corrected chi connectivity index (χ3v) is 1.74. The second-order valence-electron chi connectivity index (χ2n) is 2.67. The molecule has 0 aromatic carbocycles. The Morgan fingerprint density at radius 3 is 3.09 bits per heavy atom. The average Bonchev–Trinajstić information content (AvgIpc) is 2.75. The van der Waals surface area contributed by atoms with Crippen LogP contribution in [0.25, 0.3) is 0 Å². The standard InChI is InChI=1S/C7H8N4/c1-2-5-11-7(6-3-4-6)8-9-10-11/h1,6H,3-5H2. The number of tetrazole rings is 1. The monoisotopic (exact) mass is 148 g/mol. The van der Waals surface area contributed by atoms with Crippen molar-refractivity contribution in [3.8, 4) is 12.3 Å². The Labute approximate surface area is 64.6 Å². The predicted molar refractivity (Wildman–Crippen MR) is 38.6 cm³/mol. The van der Waals surface area contributed by atoms with Gasteiger partial charge in [-0.2, -0.15) is 0 Å². The number of aromatic nitrogens is 4. The minimum absolute atomic E-state index is 0.485. The van der Waals surface area contributed by atoms with Crippen LogP contribution in [0.1, 0.15) is 24.6 Å². The lowest BCUT2D eigenvalue weighted by Crippen LogP contribution is -2.02. The molecule has 0 radical (unpaired) electrons. The lowest BCUT2D eigenvalue weighted by Gasteiger charge is -1.95. The molecule has 1 saturated carbocycles. The first-order chi connectivity index (χ1) is 5.42. The fourth-order valence-electron chi connectivity index (χ4n) is 1.04. The Morgan fingerprint density at radius 2 is 2.45 bits per heavy atom. The molecule has 0 saturated heterocycles. The fourth-order valence-corrected chi connectivity index (χ4v) is 1.04. The number of rotatable bonds is 2. The summed E-state index contributed by atoms with van der Waals surface area (Å²) in [7, 11) is 0. The van der Waals surface area contributed by atoms with Crippen molar-refractivity contribution in [2.24, 2.45) is 0 Å². The molecule has 0 unspecified atom stereocenters. The van der Waals surface area contributed by atoms with Crippen LogP contribution >= 0.6 is 0 Å². The third-order valence-electron chi connectivity index (χ3n) is 1.74. The van der Waals surface area contributed by atoms with E-state index in [1.807, 2.05) is 0 Å². The second-order valence-corrected chi connectivity index (χ2v) is 2.67. The van der Waals surface area contributed by atoms with Crippen molar-refractivity contribution in [1.82, 2.24) is 20.2 Å². The van der Waals surface area contributed by atoms with Crippen molar-refractivity contribution in [3.05, 3.63) is 5.82 Å². The molecule has 11 heavy (non-hydrogen) atoms. The van der Waals surface area contributed by atoms with Gasteiger partial charge < -0.3 is 0 Å². The van der Waals surface area contributed by atoms with E-state index in [2.05, 4.69) is 21.4 Å². The highest BCUT2D eigenvalue weighted by molar-refractivity contribution is 5.04. The molecule has 2 rings (SSSR count). The lowest BCUT2D eigenvalue weighted by atomic mass is 10.4. The van der Waals surface area contributed by atoms with Crippen LogP contribution in [0.15, 0.2) is 0 Å². The molecular weight excluding hydrogens is 140 g/mol. The highest BCUT2D eigenvalue weighted by Gasteiger charge is 2.29. The van der Waals surface area contributed by atoms with E-state index in [1.165, 1.54) is 12.8 Å². The fraction of sp³-hybridized carbons (Fsp3) is 0.571. The maximum absolute atomic E-state index is 5.14. The van der Waals surface area contributed by atoms with Crippen LogP contribution < -0.4 is 0 Å². The van der Waals surface area contributed by atoms with Gasteiger partial charge in [0.2, 0.25) is 0 Å². The van der Waals surface area contributed by atoms with Gasteiger partial charge >= 0.3 is 0 Å². The quantitative estimate of drug-likeness (QED) is 0.562. The Hall–Kier alpha value is -1.37. The van der Waals surface area contributed by atoms with Crippen molar-refractivity contribution in [3.63, 3.8) is 0 Å². The van der Waals surface area contributed by atoms with E-state index in [0.29, 0.717) is 12.5 Å². The molecule has 0 spiro atoms. The van der Waals surface area contributed by atoms with Gasteiger partial charge in [0.15, 0.2) is 5.82 Å². The highest BCUT2D eigenvalue weighted by Crippen LogP contribution is 2.38. The van der Waals surface area contributed by atoms with E-state index < -0.39 is 0 Å². The van der Waals surface area contributed by atoms with Crippen molar-refractivity contribution < 1.29 is 0 Å². The third kappa shape index (κ3) is 1.09. The maximum atomic E-state index is 5.14. The number of terminal acetylenes is 1. The van der Waals surface area contributed by atoms with Crippen molar-refractivity contribution in [1.29, 1.82) is 0 Å². The molecule has 0 aliphatic heterocycles. The first-order valence-electron chi connectivity index (χ1n) is 3.61. The van der Waals surface area contributed by atoms with Gasteiger partial charge in [0.05, 0.1) is 0 Å². The highest BCUT2D eigenvalue weighted by atomic mass is 15.5. The zero-order chi connectivity index (χ0) is 7.68. The maximum Gasteiger partial charge on any atom is 0.155 e. The molecule has 0 atom stereocenters. The van der Waals surface area contributed by atoms with Gasteiger partial charge in [0, 0.05) is 5.92 Å². The van der Waals surface area contributed by atoms with E-state index in [0.717, 1.165) is 5.82 Å². The van der Waals surface area contributed by atoms with Gasteiger partial charge in [-0.25, -0.2) is 4.68 Å². The number of hydrogen-bond acceptors (Lipinski definition) is 3. The summed E-state index contributed by atoms with van der Waals surface area (Å²) in [4.78, 5) is 0. The summed E-state index contributed by atoms with van der Waals surface area (Å²) in [5.74, 6) is 4.03. The van der Waals surface area contributed by atoms with Crippen molar-refractivity contribution in [2.75, 3.05) is 0 Å². The summed E-state index contributed by atoms with van der Waals surface area (Å²) in [6.07, 6.45) is 7.54. The molecule has 4 nitrogen and oxygen atoms in total. The predicted octanol–water partition coefficient (Wildman–Crippen LogP) is 0.184. The summed E-state index contributed by atoms with van der Waals surface area (Å²) >= 11 is 0. The molecule has 0 amide bonds. The second kappa shape index (κ2) is 2.35. The van der Waals surface area contributed by atoms with Gasteiger partial charge in [0.25, 0.3) is 0 Å². The van der Waals surface area contributed by atoms with Crippen LogP contribution in [0, 0.1) is 12.3 Å². The van der Waals surface area contributed by atoms with Crippen LogP contribution in [-0.4, -0.2) is 20.2 Å². The van der Waals surface area contributed by atoms with E-state index in [-0.39, 0.29) is 0 Å². The molecular formula is C7H8N4. The first kappa shape index (κ1) is 6.35. The Bertz CT molecular complexity index is 292. The molecule has 0 bridgehead atoms. The number of nitrogens with zero attached hydrogens (tertiary/aromatic N) is 4. The van der Waals surface area contributed by atoms with E-state index in [9.17, 15) is 0 Å². The topological polar surface area (TPSA) is 43.6 Å². The summed E-state index contributed by atoms with van der Waals surface area (Å²) in [5.41, 5.74) is 0. The Kier molecular flexibility index (Phi) is 1.35. The molecule has 4 heteroatoms. The van der Waals surface area contributed by atoms with Crippen LogP contribution in [0.2, 0.25) is 0 Å². The summed E-state index contributed by atoms with van der Waals surface area (Å²) < 4.78 is 1.69. The zero-order valence-electron chi connectivity index (χ0n) is 6.06. The van der Waals surface area contributed by atoms with Crippen LogP contribution in [0.4, 0.5) is 0 Å². The van der Waals surface area contributed by atoms with Crippen LogP contribution in [0.3, 0.4) is 0 Å². The van der Waals surface area contributed by atoms with E-state index in [1.54, 1.807) is 4.68 Å².